The van der Waals surface area contributed by atoms with E-state index < -0.39 is 5.54 Å². The lowest BCUT2D eigenvalue weighted by Crippen LogP contribution is -2.43. The van der Waals surface area contributed by atoms with Crippen molar-refractivity contribution in [2.24, 2.45) is 0 Å². The summed E-state index contributed by atoms with van der Waals surface area (Å²) in [5.41, 5.74) is 1.78. The Bertz CT molecular complexity index is 503. The zero-order valence-corrected chi connectivity index (χ0v) is 9.58. The number of carbonyl (C=O) groups excluding carboxylic acids is 1. The lowest BCUT2D eigenvalue weighted by atomic mass is 9.94. The number of nitrogens with one attached hydrogen (secondary N) is 2. The summed E-state index contributed by atoms with van der Waals surface area (Å²) in [7, 11) is 1.81. The Kier molecular flexibility index (Phi) is 2.79. The standard InChI is InChI=1S/C13H16N2O/c1-13(9-16,14-2)7-10-8-15-12-6-4-3-5-11(10)12/h3-6,8-9,14-15H,7H2,1-2H3/t13-/m0/s1. The van der Waals surface area contributed by atoms with E-state index in [0.717, 1.165) is 11.8 Å². The molecule has 0 saturated heterocycles. The number of rotatable bonds is 4. The first-order valence-electron chi connectivity index (χ1n) is 5.39. The van der Waals surface area contributed by atoms with Crippen LogP contribution < -0.4 is 5.32 Å². The Labute approximate surface area is 94.9 Å². The molecule has 1 heterocycles. The minimum Gasteiger partial charge on any atom is -0.361 e. The molecule has 2 aromatic rings. The summed E-state index contributed by atoms with van der Waals surface area (Å²) in [6, 6.07) is 8.12. The molecule has 1 aromatic carbocycles. The third kappa shape index (κ3) is 1.86. The number of hydrogen-bond donors (Lipinski definition) is 2. The molecule has 2 rings (SSSR count). The van der Waals surface area contributed by atoms with E-state index in [2.05, 4.69) is 16.4 Å². The summed E-state index contributed by atoms with van der Waals surface area (Å²) >= 11 is 0. The van der Waals surface area contributed by atoms with Crippen molar-refractivity contribution in [1.29, 1.82) is 0 Å². The summed E-state index contributed by atoms with van der Waals surface area (Å²) < 4.78 is 0. The Morgan fingerprint density at radius 2 is 2.19 bits per heavy atom. The second-order valence-corrected chi connectivity index (χ2v) is 4.32. The van der Waals surface area contributed by atoms with Crippen LogP contribution in [-0.4, -0.2) is 23.9 Å². The number of hydrogen-bond acceptors (Lipinski definition) is 2. The van der Waals surface area contributed by atoms with Crippen molar-refractivity contribution in [3.63, 3.8) is 0 Å². The maximum Gasteiger partial charge on any atom is 0.140 e. The van der Waals surface area contributed by atoms with E-state index in [9.17, 15) is 4.79 Å². The van der Waals surface area contributed by atoms with Gasteiger partial charge in [-0.25, -0.2) is 0 Å². The Balaban J connectivity index is 2.38. The summed E-state index contributed by atoms with van der Waals surface area (Å²) in [6.07, 6.45) is 3.63. The maximum absolute atomic E-state index is 11.0. The number of likely N-dealkylation sites (N-methyl/N-ethyl adjacent to an activating group) is 1. The average molecular weight is 216 g/mol. The average Bonchev–Trinajstić information content (AvgIpc) is 2.73. The number of benzene rings is 1. The third-order valence-corrected chi connectivity index (χ3v) is 3.06. The van der Waals surface area contributed by atoms with Crippen LogP contribution in [0.2, 0.25) is 0 Å². The largest absolute Gasteiger partial charge is 0.361 e. The molecule has 3 heteroatoms. The molecule has 0 spiro atoms. The van der Waals surface area contributed by atoms with Gasteiger partial charge in [-0.1, -0.05) is 18.2 Å². The minimum absolute atomic E-state index is 0.495. The van der Waals surface area contributed by atoms with Crippen LogP contribution in [0.1, 0.15) is 12.5 Å². The fraction of sp³-hybridized carbons (Fsp3) is 0.308. The number of carbonyl (C=O) groups is 1. The van der Waals surface area contributed by atoms with Crippen LogP contribution in [0, 0.1) is 0 Å². The molecule has 0 radical (unpaired) electrons. The van der Waals surface area contributed by atoms with Crippen LogP contribution in [0.15, 0.2) is 30.5 Å². The first-order chi connectivity index (χ1) is 7.68. The molecule has 0 aliphatic heterocycles. The molecule has 0 aliphatic carbocycles. The van der Waals surface area contributed by atoms with E-state index in [1.165, 1.54) is 10.9 Å². The Morgan fingerprint density at radius 1 is 1.44 bits per heavy atom. The van der Waals surface area contributed by atoms with E-state index in [4.69, 9.17) is 0 Å². The summed E-state index contributed by atoms with van der Waals surface area (Å²) in [4.78, 5) is 14.3. The van der Waals surface area contributed by atoms with Crippen LogP contribution in [-0.2, 0) is 11.2 Å². The summed E-state index contributed by atoms with van der Waals surface area (Å²) in [5, 5.41) is 4.24. The molecule has 0 amide bonds. The van der Waals surface area contributed by atoms with Gasteiger partial charge in [-0.3, -0.25) is 0 Å². The highest BCUT2D eigenvalue weighted by Gasteiger charge is 2.22. The first-order valence-corrected chi connectivity index (χ1v) is 5.39. The predicted molar refractivity (Wildman–Crippen MR) is 65.5 cm³/mol. The molecule has 0 fully saturated rings. The smallest absolute Gasteiger partial charge is 0.140 e. The highest BCUT2D eigenvalue weighted by atomic mass is 16.1. The molecule has 0 unspecified atom stereocenters. The molecule has 1 aromatic heterocycles. The zero-order valence-electron chi connectivity index (χ0n) is 9.58. The van der Waals surface area contributed by atoms with Crippen molar-refractivity contribution < 1.29 is 4.79 Å². The lowest BCUT2D eigenvalue weighted by Gasteiger charge is -2.21. The van der Waals surface area contributed by atoms with Crippen molar-refractivity contribution in [3.05, 3.63) is 36.0 Å². The van der Waals surface area contributed by atoms with Gasteiger partial charge in [-0.2, -0.15) is 0 Å². The van der Waals surface area contributed by atoms with Gasteiger partial charge in [0.2, 0.25) is 0 Å². The number of para-hydroxylation sites is 1. The van der Waals surface area contributed by atoms with Gasteiger partial charge in [-0.05, 0) is 32.0 Å². The molecular formula is C13H16N2O. The molecule has 1 atom stereocenters. The number of aldehydes is 1. The third-order valence-electron chi connectivity index (χ3n) is 3.06. The van der Waals surface area contributed by atoms with Crippen LogP contribution in [0.5, 0.6) is 0 Å². The van der Waals surface area contributed by atoms with E-state index in [1.807, 2.05) is 38.4 Å². The minimum atomic E-state index is -0.495. The molecule has 0 bridgehead atoms. The predicted octanol–water partition coefficient (Wildman–Crippen LogP) is 1.89. The first kappa shape index (κ1) is 10.9. The number of aromatic amines is 1. The maximum atomic E-state index is 11.0. The van der Waals surface area contributed by atoms with Crippen molar-refractivity contribution in [1.82, 2.24) is 10.3 Å². The van der Waals surface area contributed by atoms with Gasteiger partial charge in [0.05, 0.1) is 5.54 Å². The fourth-order valence-corrected chi connectivity index (χ4v) is 1.86. The second kappa shape index (κ2) is 4.10. The molecule has 2 N–H and O–H groups in total. The molecule has 3 nitrogen and oxygen atoms in total. The number of H-pyrrole nitrogens is 1. The van der Waals surface area contributed by atoms with Crippen LogP contribution in [0.25, 0.3) is 10.9 Å². The molecule has 16 heavy (non-hydrogen) atoms. The van der Waals surface area contributed by atoms with E-state index in [0.29, 0.717) is 6.42 Å². The zero-order chi connectivity index (χ0) is 11.6. The highest BCUT2D eigenvalue weighted by molar-refractivity contribution is 5.83. The topological polar surface area (TPSA) is 44.9 Å². The van der Waals surface area contributed by atoms with E-state index in [1.54, 1.807) is 0 Å². The monoisotopic (exact) mass is 216 g/mol. The highest BCUT2D eigenvalue weighted by Crippen LogP contribution is 2.21. The quantitative estimate of drug-likeness (QED) is 0.766. The van der Waals surface area contributed by atoms with Gasteiger partial charge >= 0.3 is 0 Å². The van der Waals surface area contributed by atoms with Crippen molar-refractivity contribution in [3.8, 4) is 0 Å². The molecule has 0 saturated carbocycles. The Hall–Kier alpha value is -1.61. The van der Waals surface area contributed by atoms with Gasteiger partial charge in [0, 0.05) is 17.1 Å². The Morgan fingerprint density at radius 3 is 2.88 bits per heavy atom. The lowest BCUT2D eigenvalue weighted by molar-refractivity contribution is -0.112. The normalized spacial score (nSPS) is 14.9. The molecule has 84 valence electrons. The SMILES string of the molecule is CN[C@](C)(C=O)Cc1c[nH]c2ccccc12. The van der Waals surface area contributed by atoms with Crippen molar-refractivity contribution in [2.75, 3.05) is 7.05 Å². The van der Waals surface area contributed by atoms with Crippen molar-refractivity contribution >= 4 is 17.2 Å². The summed E-state index contributed by atoms with van der Waals surface area (Å²) in [6.45, 7) is 1.90. The van der Waals surface area contributed by atoms with Crippen LogP contribution >= 0.6 is 0 Å². The van der Waals surface area contributed by atoms with Gasteiger partial charge in [0.1, 0.15) is 6.29 Å². The van der Waals surface area contributed by atoms with Gasteiger partial charge in [-0.15, -0.1) is 0 Å². The van der Waals surface area contributed by atoms with Gasteiger partial charge < -0.3 is 15.1 Å². The fourth-order valence-electron chi connectivity index (χ4n) is 1.86. The molecule has 0 aliphatic rings. The van der Waals surface area contributed by atoms with E-state index in [-0.39, 0.29) is 0 Å². The second-order valence-electron chi connectivity index (χ2n) is 4.32. The van der Waals surface area contributed by atoms with Gasteiger partial charge in [0.15, 0.2) is 0 Å². The van der Waals surface area contributed by atoms with Crippen LogP contribution in [0.3, 0.4) is 0 Å². The van der Waals surface area contributed by atoms with Crippen LogP contribution in [0.4, 0.5) is 0 Å². The number of fused-ring (bicyclic) bond motifs is 1. The summed E-state index contributed by atoms with van der Waals surface area (Å²) in [5.74, 6) is 0. The van der Waals surface area contributed by atoms with Crippen molar-refractivity contribution in [2.45, 2.75) is 18.9 Å². The number of aromatic nitrogens is 1. The van der Waals surface area contributed by atoms with E-state index >= 15 is 0 Å². The van der Waals surface area contributed by atoms with Gasteiger partial charge in [0.25, 0.3) is 0 Å². The molecular weight excluding hydrogens is 200 g/mol.